The van der Waals surface area contributed by atoms with Crippen molar-refractivity contribution < 1.29 is 4.42 Å². The quantitative estimate of drug-likeness (QED) is 0.724. The van der Waals surface area contributed by atoms with Gasteiger partial charge in [-0.3, -0.25) is 0 Å². The van der Waals surface area contributed by atoms with Crippen LogP contribution in [0.4, 0.5) is 0 Å². The number of hydrogen-bond acceptors (Lipinski definition) is 1. The summed E-state index contributed by atoms with van der Waals surface area (Å²) in [4.78, 5) is 0. The normalized spacial score (nSPS) is 13.4. The second kappa shape index (κ2) is 3.92. The van der Waals surface area contributed by atoms with Crippen LogP contribution in [-0.4, -0.2) is 0 Å². The zero-order valence-electron chi connectivity index (χ0n) is 10.2. The lowest BCUT2D eigenvalue weighted by atomic mass is 10.0. The Kier molecular flexibility index (Phi) is 2.40. The molecule has 1 heteroatoms. The average molecular weight is 224 g/mol. The van der Waals surface area contributed by atoms with Gasteiger partial charge in [0.15, 0.2) is 0 Å². The maximum atomic E-state index is 5.87. The highest BCUT2D eigenvalue weighted by Gasteiger charge is 2.10. The number of rotatable bonds is 2. The van der Waals surface area contributed by atoms with Gasteiger partial charge in [0, 0.05) is 11.5 Å². The molecule has 0 spiro atoms. The monoisotopic (exact) mass is 224 g/mol. The molecule has 86 valence electrons. The number of allylic oxidation sites excluding steroid dienone is 1. The van der Waals surface area contributed by atoms with Crippen LogP contribution in [0.5, 0.6) is 0 Å². The van der Waals surface area contributed by atoms with Gasteiger partial charge in [0.2, 0.25) is 0 Å². The highest BCUT2D eigenvalue weighted by molar-refractivity contribution is 5.68. The van der Waals surface area contributed by atoms with E-state index in [1.807, 2.05) is 0 Å². The van der Waals surface area contributed by atoms with Crippen LogP contribution >= 0.6 is 0 Å². The molecule has 3 rings (SSSR count). The largest absolute Gasteiger partial charge is 0.461 e. The zero-order chi connectivity index (χ0) is 11.8. The highest BCUT2D eigenvalue weighted by Crippen LogP contribution is 2.29. The Labute approximate surface area is 102 Å². The predicted octanol–water partition coefficient (Wildman–Crippen LogP) is 4.64. The second-order valence-electron chi connectivity index (χ2n) is 4.88. The van der Waals surface area contributed by atoms with Gasteiger partial charge in [0.25, 0.3) is 0 Å². The van der Waals surface area contributed by atoms with Crippen molar-refractivity contribution in [3.8, 4) is 11.3 Å². The summed E-state index contributed by atoms with van der Waals surface area (Å²) in [5.41, 5.74) is 3.90. The fraction of sp³-hybridized carbons (Fsp3) is 0.250. The number of hydrogen-bond donors (Lipinski definition) is 0. The predicted molar refractivity (Wildman–Crippen MR) is 71.0 cm³/mol. The molecular formula is C16H16O. The topological polar surface area (TPSA) is 13.1 Å². The summed E-state index contributed by atoms with van der Waals surface area (Å²) in [5, 5.41) is 0. The van der Waals surface area contributed by atoms with E-state index in [2.05, 4.69) is 56.3 Å². The third-order valence-corrected chi connectivity index (χ3v) is 3.26. The van der Waals surface area contributed by atoms with Crippen LogP contribution < -0.4 is 0 Å². The molecule has 1 aliphatic rings. The van der Waals surface area contributed by atoms with E-state index in [0.29, 0.717) is 5.92 Å². The molecule has 0 unspecified atom stereocenters. The molecule has 0 bridgehead atoms. The van der Waals surface area contributed by atoms with Gasteiger partial charge in [0.05, 0.1) is 0 Å². The van der Waals surface area contributed by atoms with Crippen molar-refractivity contribution in [1.29, 1.82) is 0 Å². The summed E-state index contributed by atoms with van der Waals surface area (Å²) < 4.78 is 5.87. The number of furan rings is 1. The van der Waals surface area contributed by atoms with Crippen molar-refractivity contribution >= 4 is 6.08 Å². The molecule has 0 atom stereocenters. The first-order valence-electron chi connectivity index (χ1n) is 6.13. The smallest absolute Gasteiger partial charge is 0.134 e. The Morgan fingerprint density at radius 3 is 2.76 bits per heavy atom. The van der Waals surface area contributed by atoms with Crippen LogP contribution in [0.15, 0.2) is 40.8 Å². The van der Waals surface area contributed by atoms with Gasteiger partial charge in [-0.25, -0.2) is 0 Å². The first-order chi connectivity index (χ1) is 8.24. The molecule has 1 nitrogen and oxygen atoms in total. The Balaban J connectivity index is 2.00. The lowest BCUT2D eigenvalue weighted by Gasteiger charge is -2.03. The van der Waals surface area contributed by atoms with Gasteiger partial charge in [0.1, 0.15) is 11.5 Å². The maximum Gasteiger partial charge on any atom is 0.134 e. The summed E-state index contributed by atoms with van der Waals surface area (Å²) in [5.74, 6) is 2.46. The van der Waals surface area contributed by atoms with Crippen molar-refractivity contribution in [1.82, 2.24) is 0 Å². The SMILES string of the molecule is CC(C)c1ccc(-c2ccc3c(c2)C=CC3)o1. The van der Waals surface area contributed by atoms with E-state index >= 15 is 0 Å². The summed E-state index contributed by atoms with van der Waals surface area (Å²) >= 11 is 0. The third kappa shape index (κ3) is 1.82. The molecule has 1 aromatic heterocycles. The van der Waals surface area contributed by atoms with E-state index in [1.54, 1.807) is 0 Å². The molecule has 0 saturated heterocycles. The van der Waals surface area contributed by atoms with E-state index in [0.717, 1.165) is 17.9 Å². The standard InChI is InChI=1S/C16H16O/c1-11(2)15-8-9-16(17-15)14-7-6-12-4-3-5-13(12)10-14/h3,5-11H,4H2,1-2H3. The van der Waals surface area contributed by atoms with Gasteiger partial charge in [-0.15, -0.1) is 0 Å². The van der Waals surface area contributed by atoms with Crippen LogP contribution in [0.3, 0.4) is 0 Å². The average Bonchev–Trinajstić information content (AvgIpc) is 2.97. The lowest BCUT2D eigenvalue weighted by Crippen LogP contribution is -1.83. The summed E-state index contributed by atoms with van der Waals surface area (Å²) in [7, 11) is 0. The molecular weight excluding hydrogens is 208 g/mol. The Morgan fingerprint density at radius 1 is 1.12 bits per heavy atom. The summed E-state index contributed by atoms with van der Waals surface area (Å²) in [6, 6.07) is 10.7. The van der Waals surface area contributed by atoms with E-state index in [1.165, 1.54) is 16.7 Å². The van der Waals surface area contributed by atoms with E-state index in [4.69, 9.17) is 4.42 Å². The number of benzene rings is 1. The van der Waals surface area contributed by atoms with Crippen molar-refractivity contribution in [2.45, 2.75) is 26.2 Å². The van der Waals surface area contributed by atoms with Crippen LogP contribution in [0.1, 0.15) is 36.7 Å². The molecule has 2 aromatic rings. The van der Waals surface area contributed by atoms with Gasteiger partial charge in [-0.2, -0.15) is 0 Å². The fourth-order valence-corrected chi connectivity index (χ4v) is 2.22. The molecule has 0 N–H and O–H groups in total. The molecule has 0 amide bonds. The fourth-order valence-electron chi connectivity index (χ4n) is 2.22. The van der Waals surface area contributed by atoms with Crippen LogP contribution in [0.25, 0.3) is 17.4 Å². The van der Waals surface area contributed by atoms with Gasteiger partial charge in [-0.05, 0) is 35.7 Å². The zero-order valence-corrected chi connectivity index (χ0v) is 10.2. The van der Waals surface area contributed by atoms with E-state index in [-0.39, 0.29) is 0 Å². The first-order valence-corrected chi connectivity index (χ1v) is 6.13. The highest BCUT2D eigenvalue weighted by atomic mass is 16.3. The Morgan fingerprint density at radius 2 is 2.00 bits per heavy atom. The molecule has 1 aromatic carbocycles. The minimum Gasteiger partial charge on any atom is -0.461 e. The molecule has 0 radical (unpaired) electrons. The minimum atomic E-state index is 0.443. The van der Waals surface area contributed by atoms with Crippen molar-refractivity contribution in [2.24, 2.45) is 0 Å². The van der Waals surface area contributed by atoms with Crippen molar-refractivity contribution in [3.05, 3.63) is 53.3 Å². The second-order valence-corrected chi connectivity index (χ2v) is 4.88. The van der Waals surface area contributed by atoms with E-state index < -0.39 is 0 Å². The first kappa shape index (κ1) is 10.4. The Bertz CT molecular complexity index is 573. The molecule has 0 fully saturated rings. The minimum absolute atomic E-state index is 0.443. The van der Waals surface area contributed by atoms with Crippen LogP contribution in [0.2, 0.25) is 0 Å². The van der Waals surface area contributed by atoms with Crippen LogP contribution in [0, 0.1) is 0 Å². The molecule has 1 aliphatic carbocycles. The molecule has 17 heavy (non-hydrogen) atoms. The molecule has 0 aliphatic heterocycles. The Hall–Kier alpha value is -1.76. The number of fused-ring (bicyclic) bond motifs is 1. The maximum absolute atomic E-state index is 5.87. The summed E-state index contributed by atoms with van der Waals surface area (Å²) in [6.07, 6.45) is 5.45. The third-order valence-electron chi connectivity index (χ3n) is 3.26. The van der Waals surface area contributed by atoms with Crippen LogP contribution in [-0.2, 0) is 6.42 Å². The van der Waals surface area contributed by atoms with Gasteiger partial charge in [-0.1, -0.05) is 38.1 Å². The summed E-state index contributed by atoms with van der Waals surface area (Å²) in [6.45, 7) is 4.29. The van der Waals surface area contributed by atoms with Gasteiger partial charge < -0.3 is 4.42 Å². The molecule has 0 saturated carbocycles. The van der Waals surface area contributed by atoms with E-state index in [9.17, 15) is 0 Å². The lowest BCUT2D eigenvalue weighted by molar-refractivity contribution is 0.498. The molecule has 1 heterocycles. The van der Waals surface area contributed by atoms with Crippen molar-refractivity contribution in [2.75, 3.05) is 0 Å². The van der Waals surface area contributed by atoms with Crippen molar-refractivity contribution in [3.63, 3.8) is 0 Å². The van der Waals surface area contributed by atoms with Gasteiger partial charge >= 0.3 is 0 Å².